The van der Waals surface area contributed by atoms with E-state index in [4.69, 9.17) is 9.15 Å². The lowest BCUT2D eigenvalue weighted by Crippen LogP contribution is -2.33. The molecule has 1 fully saturated rings. The van der Waals surface area contributed by atoms with Crippen molar-refractivity contribution in [1.29, 1.82) is 0 Å². The predicted octanol–water partition coefficient (Wildman–Crippen LogP) is 1.09. The third kappa shape index (κ3) is 4.31. The summed E-state index contributed by atoms with van der Waals surface area (Å²) in [6.07, 6.45) is 1.98. The zero-order chi connectivity index (χ0) is 14.4. The van der Waals surface area contributed by atoms with Crippen molar-refractivity contribution in [3.8, 4) is 0 Å². The van der Waals surface area contributed by atoms with Gasteiger partial charge in [0, 0.05) is 13.2 Å². The number of furan rings is 1. The van der Waals surface area contributed by atoms with Crippen LogP contribution in [-0.2, 0) is 21.3 Å². The van der Waals surface area contributed by atoms with Gasteiger partial charge in [-0.2, -0.15) is 0 Å². The van der Waals surface area contributed by atoms with Gasteiger partial charge in [-0.3, -0.25) is 0 Å². The Kier molecular flexibility index (Phi) is 5.59. The maximum absolute atomic E-state index is 12.1. The molecule has 0 aromatic carbocycles. The molecular formula is C13H22N2O4S. The van der Waals surface area contributed by atoms with E-state index in [-0.39, 0.29) is 11.0 Å². The van der Waals surface area contributed by atoms with Gasteiger partial charge in [-0.15, -0.1) is 0 Å². The Hall–Kier alpha value is -0.890. The fourth-order valence-corrected chi connectivity index (χ4v) is 3.17. The molecule has 0 bridgehead atoms. The summed E-state index contributed by atoms with van der Waals surface area (Å²) in [5.74, 6) is 0.864. The molecule has 0 amide bonds. The minimum absolute atomic E-state index is 0.0258. The molecule has 20 heavy (non-hydrogen) atoms. The molecule has 2 rings (SSSR count). The van der Waals surface area contributed by atoms with E-state index >= 15 is 0 Å². The SMILES string of the molecule is CCNCc1ccc(S(=O)(=O)NCC2CCCOC2)o1. The van der Waals surface area contributed by atoms with Crippen molar-refractivity contribution in [2.45, 2.75) is 31.4 Å². The predicted molar refractivity (Wildman–Crippen MR) is 74.8 cm³/mol. The first kappa shape index (κ1) is 15.5. The summed E-state index contributed by atoms with van der Waals surface area (Å²) in [4.78, 5) is 0. The Morgan fingerprint density at radius 2 is 2.25 bits per heavy atom. The maximum Gasteiger partial charge on any atom is 0.273 e. The van der Waals surface area contributed by atoms with Crippen molar-refractivity contribution in [1.82, 2.24) is 10.0 Å². The van der Waals surface area contributed by atoms with Crippen molar-refractivity contribution in [3.63, 3.8) is 0 Å². The highest BCUT2D eigenvalue weighted by atomic mass is 32.2. The molecule has 1 aliphatic rings. The quantitative estimate of drug-likeness (QED) is 0.788. The van der Waals surface area contributed by atoms with Crippen LogP contribution in [0.4, 0.5) is 0 Å². The topological polar surface area (TPSA) is 80.6 Å². The van der Waals surface area contributed by atoms with Crippen LogP contribution in [0.3, 0.4) is 0 Å². The first-order valence-corrected chi connectivity index (χ1v) is 8.47. The molecule has 1 unspecified atom stereocenters. The van der Waals surface area contributed by atoms with Crippen molar-refractivity contribution in [2.24, 2.45) is 5.92 Å². The zero-order valence-electron chi connectivity index (χ0n) is 11.7. The molecule has 2 N–H and O–H groups in total. The molecule has 0 spiro atoms. The highest BCUT2D eigenvalue weighted by molar-refractivity contribution is 7.89. The van der Waals surface area contributed by atoms with E-state index in [0.29, 0.717) is 25.5 Å². The average molecular weight is 302 g/mol. The molecule has 0 aliphatic carbocycles. The van der Waals surface area contributed by atoms with Gasteiger partial charge in [0.05, 0.1) is 13.2 Å². The van der Waals surface area contributed by atoms with Crippen molar-refractivity contribution < 1.29 is 17.6 Å². The Labute approximate surface area is 119 Å². The molecule has 1 saturated heterocycles. The maximum atomic E-state index is 12.1. The van der Waals surface area contributed by atoms with E-state index in [1.54, 1.807) is 6.07 Å². The standard InChI is InChI=1S/C13H22N2O4S/c1-2-14-9-12-5-6-13(19-12)20(16,17)15-8-11-4-3-7-18-10-11/h5-6,11,14-15H,2-4,7-10H2,1H3. The fraction of sp³-hybridized carbons (Fsp3) is 0.692. The smallest absolute Gasteiger partial charge is 0.273 e. The largest absolute Gasteiger partial charge is 0.447 e. The molecule has 1 aliphatic heterocycles. The van der Waals surface area contributed by atoms with E-state index in [0.717, 1.165) is 26.0 Å². The molecular weight excluding hydrogens is 280 g/mol. The van der Waals surface area contributed by atoms with Crippen LogP contribution in [0.5, 0.6) is 0 Å². The lowest BCUT2D eigenvalue weighted by atomic mass is 10.0. The van der Waals surface area contributed by atoms with Crippen molar-refractivity contribution in [3.05, 3.63) is 17.9 Å². The summed E-state index contributed by atoms with van der Waals surface area (Å²) in [5.41, 5.74) is 0. The van der Waals surface area contributed by atoms with Crippen LogP contribution in [-0.4, -0.2) is 34.7 Å². The van der Waals surface area contributed by atoms with Gasteiger partial charge in [0.25, 0.3) is 10.0 Å². The minimum atomic E-state index is -3.56. The molecule has 1 aromatic rings. The lowest BCUT2D eigenvalue weighted by molar-refractivity contribution is 0.0567. The first-order chi connectivity index (χ1) is 9.62. The van der Waals surface area contributed by atoms with E-state index in [2.05, 4.69) is 10.0 Å². The molecule has 1 aromatic heterocycles. The second-order valence-electron chi connectivity index (χ2n) is 4.94. The average Bonchev–Trinajstić information content (AvgIpc) is 2.94. The van der Waals surface area contributed by atoms with Gasteiger partial charge in [-0.1, -0.05) is 6.92 Å². The number of sulfonamides is 1. The van der Waals surface area contributed by atoms with Gasteiger partial charge in [-0.25, -0.2) is 13.1 Å². The van der Waals surface area contributed by atoms with E-state index in [1.165, 1.54) is 6.07 Å². The zero-order valence-corrected chi connectivity index (χ0v) is 12.5. The number of hydrogen-bond donors (Lipinski definition) is 2. The second kappa shape index (κ2) is 7.21. The molecule has 1 atom stereocenters. The Morgan fingerprint density at radius 1 is 1.40 bits per heavy atom. The number of ether oxygens (including phenoxy) is 1. The Balaban J connectivity index is 1.90. The fourth-order valence-electron chi connectivity index (χ4n) is 2.11. The molecule has 6 nitrogen and oxygen atoms in total. The normalized spacial score (nSPS) is 20.1. The Bertz CT molecular complexity index is 506. The van der Waals surface area contributed by atoms with Gasteiger partial charge in [-0.05, 0) is 37.4 Å². The second-order valence-corrected chi connectivity index (χ2v) is 6.63. The van der Waals surface area contributed by atoms with Crippen molar-refractivity contribution >= 4 is 10.0 Å². The highest BCUT2D eigenvalue weighted by Crippen LogP contribution is 2.16. The summed E-state index contributed by atoms with van der Waals surface area (Å²) >= 11 is 0. The molecule has 114 valence electrons. The summed E-state index contributed by atoms with van der Waals surface area (Å²) in [7, 11) is -3.56. The number of nitrogens with one attached hydrogen (secondary N) is 2. The Morgan fingerprint density at radius 3 is 2.95 bits per heavy atom. The summed E-state index contributed by atoms with van der Waals surface area (Å²) in [5, 5.41) is 3.06. The third-order valence-corrected chi connectivity index (χ3v) is 4.56. The van der Waals surface area contributed by atoms with E-state index < -0.39 is 10.0 Å². The molecule has 7 heteroatoms. The van der Waals surface area contributed by atoms with E-state index in [1.807, 2.05) is 6.92 Å². The van der Waals surface area contributed by atoms with Crippen LogP contribution < -0.4 is 10.0 Å². The molecule has 2 heterocycles. The van der Waals surface area contributed by atoms with Gasteiger partial charge < -0.3 is 14.5 Å². The molecule has 0 radical (unpaired) electrons. The monoisotopic (exact) mass is 302 g/mol. The third-order valence-electron chi connectivity index (χ3n) is 3.27. The first-order valence-electron chi connectivity index (χ1n) is 6.98. The van der Waals surface area contributed by atoms with Crippen LogP contribution in [0.1, 0.15) is 25.5 Å². The van der Waals surface area contributed by atoms with Crippen LogP contribution in [0, 0.1) is 5.92 Å². The van der Waals surface area contributed by atoms with Crippen LogP contribution in [0.15, 0.2) is 21.6 Å². The van der Waals surface area contributed by atoms with E-state index in [9.17, 15) is 8.42 Å². The summed E-state index contributed by atoms with van der Waals surface area (Å²) < 4.78 is 37.5. The number of rotatable bonds is 7. The van der Waals surface area contributed by atoms with Gasteiger partial charge >= 0.3 is 0 Å². The number of hydrogen-bond acceptors (Lipinski definition) is 5. The lowest BCUT2D eigenvalue weighted by Gasteiger charge is -2.21. The summed E-state index contributed by atoms with van der Waals surface area (Å²) in [6, 6.07) is 3.17. The van der Waals surface area contributed by atoms with Gasteiger partial charge in [0.2, 0.25) is 5.09 Å². The van der Waals surface area contributed by atoms with Crippen molar-refractivity contribution in [2.75, 3.05) is 26.3 Å². The van der Waals surface area contributed by atoms with Gasteiger partial charge in [0.1, 0.15) is 5.76 Å². The summed E-state index contributed by atoms with van der Waals surface area (Å²) in [6.45, 7) is 5.10. The minimum Gasteiger partial charge on any atom is -0.447 e. The van der Waals surface area contributed by atoms with Crippen LogP contribution in [0.2, 0.25) is 0 Å². The van der Waals surface area contributed by atoms with Crippen LogP contribution in [0.25, 0.3) is 0 Å². The van der Waals surface area contributed by atoms with Gasteiger partial charge in [0.15, 0.2) is 0 Å². The highest BCUT2D eigenvalue weighted by Gasteiger charge is 2.21. The van der Waals surface area contributed by atoms with Crippen LogP contribution >= 0.6 is 0 Å². The molecule has 0 saturated carbocycles.